The first kappa shape index (κ1) is 10.3. The van der Waals surface area contributed by atoms with Crippen LogP contribution in [0, 0.1) is 0 Å². The maximum atomic E-state index is 10.3. The first-order valence-electron chi connectivity index (χ1n) is 3.45. The smallest absolute Gasteiger partial charge is 0.234 e. The Morgan fingerprint density at radius 3 is 2.27 bits per heavy atom. The Balaban J connectivity index is 3.31. The number of aliphatic hydroxyl groups excluding tert-OH is 1. The van der Waals surface area contributed by atoms with Crippen molar-refractivity contribution < 1.29 is 15.0 Å². The van der Waals surface area contributed by atoms with Gasteiger partial charge in [0.05, 0.1) is 6.04 Å². The zero-order valence-corrected chi connectivity index (χ0v) is 6.23. The van der Waals surface area contributed by atoms with Crippen molar-refractivity contribution in [3.63, 3.8) is 0 Å². The summed E-state index contributed by atoms with van der Waals surface area (Å²) in [6, 6.07) is -0.672. The fourth-order valence-corrected chi connectivity index (χ4v) is 0.663. The van der Waals surface area contributed by atoms with Gasteiger partial charge in [-0.25, -0.2) is 0 Å². The predicted molar refractivity (Wildman–Crippen MR) is 39.2 cm³/mol. The third kappa shape index (κ3) is 5.78. The number of nitrogens with two attached hydrogens (primary N) is 2. The SMILES string of the molecule is NC(=O)C(N)CCCC(O)O. The number of amides is 1. The van der Waals surface area contributed by atoms with E-state index in [0.717, 1.165) is 0 Å². The summed E-state index contributed by atoms with van der Waals surface area (Å²) in [5, 5.41) is 16.8. The van der Waals surface area contributed by atoms with Gasteiger partial charge in [0.15, 0.2) is 6.29 Å². The molecule has 0 aliphatic rings. The van der Waals surface area contributed by atoms with Crippen molar-refractivity contribution in [3.8, 4) is 0 Å². The minimum absolute atomic E-state index is 0.223. The Morgan fingerprint density at radius 1 is 1.36 bits per heavy atom. The average Bonchev–Trinajstić information content (AvgIpc) is 1.86. The maximum Gasteiger partial charge on any atom is 0.234 e. The zero-order chi connectivity index (χ0) is 8.85. The minimum atomic E-state index is -1.32. The van der Waals surface area contributed by atoms with Gasteiger partial charge in [0.2, 0.25) is 5.91 Å². The fraction of sp³-hybridized carbons (Fsp3) is 0.833. The molecule has 5 nitrogen and oxygen atoms in total. The van der Waals surface area contributed by atoms with Crippen LogP contribution in [0.2, 0.25) is 0 Å². The number of primary amides is 1. The molecule has 11 heavy (non-hydrogen) atoms. The minimum Gasteiger partial charge on any atom is -0.368 e. The van der Waals surface area contributed by atoms with Crippen molar-refractivity contribution in [2.24, 2.45) is 11.5 Å². The second kappa shape index (κ2) is 5.06. The van der Waals surface area contributed by atoms with Gasteiger partial charge in [0.25, 0.3) is 0 Å². The van der Waals surface area contributed by atoms with E-state index < -0.39 is 18.2 Å². The maximum absolute atomic E-state index is 10.3. The van der Waals surface area contributed by atoms with Crippen LogP contribution >= 0.6 is 0 Å². The van der Waals surface area contributed by atoms with Gasteiger partial charge in [-0.15, -0.1) is 0 Å². The van der Waals surface area contributed by atoms with E-state index in [1.165, 1.54) is 0 Å². The Morgan fingerprint density at radius 2 is 1.91 bits per heavy atom. The summed E-state index contributed by atoms with van der Waals surface area (Å²) < 4.78 is 0. The molecule has 0 aromatic rings. The van der Waals surface area contributed by atoms with E-state index in [1.807, 2.05) is 0 Å². The third-order valence-electron chi connectivity index (χ3n) is 1.34. The summed E-state index contributed by atoms with van der Waals surface area (Å²) in [6.45, 7) is 0. The highest BCUT2D eigenvalue weighted by Crippen LogP contribution is 2.00. The van der Waals surface area contributed by atoms with Gasteiger partial charge in [-0.2, -0.15) is 0 Å². The summed E-state index contributed by atoms with van der Waals surface area (Å²) in [7, 11) is 0. The molecule has 0 bridgehead atoms. The standard InChI is InChI=1S/C6H14N2O3/c7-4(6(8)11)2-1-3-5(9)10/h4-5,9-10H,1-3,7H2,(H2,8,11). The van der Waals surface area contributed by atoms with Crippen molar-refractivity contribution in [2.75, 3.05) is 0 Å². The summed E-state index contributed by atoms with van der Waals surface area (Å²) in [4.78, 5) is 10.3. The summed E-state index contributed by atoms with van der Waals surface area (Å²) in [5.41, 5.74) is 10.1. The highest BCUT2D eigenvalue weighted by molar-refractivity contribution is 5.79. The quantitative estimate of drug-likeness (QED) is 0.360. The molecule has 0 heterocycles. The lowest BCUT2D eigenvalue weighted by Gasteiger charge is -2.06. The Kier molecular flexibility index (Phi) is 4.76. The van der Waals surface area contributed by atoms with Gasteiger partial charge in [0.1, 0.15) is 0 Å². The highest BCUT2D eigenvalue weighted by Gasteiger charge is 2.08. The highest BCUT2D eigenvalue weighted by atomic mass is 16.5. The summed E-state index contributed by atoms with van der Waals surface area (Å²) in [6.07, 6.45) is -0.217. The second-order valence-electron chi connectivity index (χ2n) is 2.42. The molecule has 0 saturated carbocycles. The van der Waals surface area contributed by atoms with Crippen LogP contribution in [-0.2, 0) is 4.79 Å². The fourth-order valence-electron chi connectivity index (χ4n) is 0.663. The Hall–Kier alpha value is -0.650. The summed E-state index contributed by atoms with van der Waals surface area (Å²) >= 11 is 0. The van der Waals surface area contributed by atoms with Crippen molar-refractivity contribution >= 4 is 5.91 Å². The van der Waals surface area contributed by atoms with Crippen LogP contribution in [0.5, 0.6) is 0 Å². The number of carbonyl (C=O) groups excluding carboxylic acids is 1. The van der Waals surface area contributed by atoms with Gasteiger partial charge in [-0.1, -0.05) is 0 Å². The van der Waals surface area contributed by atoms with E-state index in [1.54, 1.807) is 0 Å². The molecule has 0 aromatic heterocycles. The molecule has 0 radical (unpaired) electrons. The zero-order valence-electron chi connectivity index (χ0n) is 6.23. The second-order valence-corrected chi connectivity index (χ2v) is 2.42. The van der Waals surface area contributed by atoms with Crippen molar-refractivity contribution in [3.05, 3.63) is 0 Å². The lowest BCUT2D eigenvalue weighted by Crippen LogP contribution is -2.36. The van der Waals surface area contributed by atoms with Crippen LogP contribution in [0.3, 0.4) is 0 Å². The molecule has 1 atom stereocenters. The molecule has 0 spiro atoms. The number of aliphatic hydroxyl groups is 2. The van der Waals surface area contributed by atoms with Gasteiger partial charge < -0.3 is 21.7 Å². The molecule has 0 fully saturated rings. The lowest BCUT2D eigenvalue weighted by atomic mass is 10.1. The van der Waals surface area contributed by atoms with Crippen molar-refractivity contribution in [1.29, 1.82) is 0 Å². The molecule has 6 N–H and O–H groups in total. The molecule has 66 valence electrons. The van der Waals surface area contributed by atoms with E-state index in [-0.39, 0.29) is 6.42 Å². The topological polar surface area (TPSA) is 110 Å². The summed E-state index contributed by atoms with van der Waals surface area (Å²) in [5.74, 6) is -0.558. The molecule has 0 aromatic carbocycles. The molecular weight excluding hydrogens is 148 g/mol. The lowest BCUT2D eigenvalue weighted by molar-refractivity contribution is -0.119. The van der Waals surface area contributed by atoms with Crippen LogP contribution in [0.4, 0.5) is 0 Å². The molecule has 0 aliphatic heterocycles. The number of hydrogen-bond donors (Lipinski definition) is 4. The number of carbonyl (C=O) groups is 1. The van der Waals surface area contributed by atoms with Gasteiger partial charge in [0, 0.05) is 0 Å². The Labute approximate surface area is 65.0 Å². The van der Waals surface area contributed by atoms with E-state index in [0.29, 0.717) is 12.8 Å². The molecular formula is C6H14N2O3. The normalized spacial score (nSPS) is 13.5. The van der Waals surface area contributed by atoms with Crippen LogP contribution < -0.4 is 11.5 Å². The van der Waals surface area contributed by atoms with Crippen LogP contribution in [0.15, 0.2) is 0 Å². The number of rotatable bonds is 5. The van der Waals surface area contributed by atoms with Crippen molar-refractivity contribution in [2.45, 2.75) is 31.6 Å². The van der Waals surface area contributed by atoms with Crippen LogP contribution in [0.1, 0.15) is 19.3 Å². The molecule has 1 unspecified atom stereocenters. The molecule has 0 aliphatic carbocycles. The van der Waals surface area contributed by atoms with E-state index >= 15 is 0 Å². The Bertz CT molecular complexity index is 127. The van der Waals surface area contributed by atoms with E-state index in [4.69, 9.17) is 21.7 Å². The van der Waals surface area contributed by atoms with E-state index in [2.05, 4.69) is 0 Å². The van der Waals surface area contributed by atoms with Gasteiger partial charge in [-0.05, 0) is 19.3 Å². The molecule has 1 amide bonds. The van der Waals surface area contributed by atoms with Crippen LogP contribution in [0.25, 0.3) is 0 Å². The van der Waals surface area contributed by atoms with Gasteiger partial charge >= 0.3 is 0 Å². The third-order valence-corrected chi connectivity index (χ3v) is 1.34. The number of hydrogen-bond acceptors (Lipinski definition) is 4. The van der Waals surface area contributed by atoms with E-state index in [9.17, 15) is 4.79 Å². The van der Waals surface area contributed by atoms with Gasteiger partial charge in [-0.3, -0.25) is 4.79 Å². The molecule has 5 heteroatoms. The monoisotopic (exact) mass is 162 g/mol. The van der Waals surface area contributed by atoms with Crippen LogP contribution in [-0.4, -0.2) is 28.5 Å². The first-order valence-corrected chi connectivity index (χ1v) is 3.45. The molecule has 0 rings (SSSR count). The largest absolute Gasteiger partial charge is 0.368 e. The first-order chi connectivity index (χ1) is 5.04. The van der Waals surface area contributed by atoms with Crippen molar-refractivity contribution in [1.82, 2.24) is 0 Å². The molecule has 0 saturated heterocycles. The average molecular weight is 162 g/mol. The predicted octanol–water partition coefficient (Wildman–Crippen LogP) is -1.72.